The molecule has 0 amide bonds. The molecule has 0 heterocycles. The zero-order valence-corrected chi connectivity index (χ0v) is 32.7. The highest BCUT2D eigenvalue weighted by Crippen LogP contribution is 2.13. The van der Waals surface area contributed by atoms with Crippen molar-refractivity contribution in [2.24, 2.45) is 0 Å². The zero-order valence-electron chi connectivity index (χ0n) is 32.7. The normalized spacial score (nSPS) is 12.5. The van der Waals surface area contributed by atoms with Crippen LogP contribution in [0.1, 0.15) is 194 Å². The highest BCUT2D eigenvalue weighted by molar-refractivity contribution is 5.71. The van der Waals surface area contributed by atoms with E-state index in [2.05, 4.69) is 69.4 Å². The quantitative estimate of drug-likeness (QED) is 0.0280. The maximum atomic E-state index is 12.6. The number of hydrogen-bond acceptors (Lipinski definition) is 6. The second kappa shape index (κ2) is 39.2. The Bertz CT molecular complexity index is 902. The van der Waals surface area contributed by atoms with E-state index in [0.29, 0.717) is 19.3 Å². The lowest BCUT2D eigenvalue weighted by molar-refractivity contribution is -0.167. The average molecular weight is 701 g/mol. The lowest BCUT2D eigenvalue weighted by Gasteiger charge is -2.18. The molecule has 0 fully saturated rings. The predicted octanol–water partition coefficient (Wildman–Crippen LogP) is 12.8. The number of carbonyl (C=O) groups is 3. The molecular weight excluding hydrogens is 624 g/mol. The van der Waals surface area contributed by atoms with Gasteiger partial charge in [0.05, 0.1) is 0 Å². The Kier molecular flexibility index (Phi) is 37.1. The number of allylic oxidation sites excluding steroid dienone is 8. The van der Waals surface area contributed by atoms with E-state index in [1.807, 2.05) is 0 Å². The number of esters is 3. The fraction of sp³-hybridized carbons (Fsp3) is 0.750. The van der Waals surface area contributed by atoms with E-state index in [0.717, 1.165) is 83.5 Å². The minimum absolute atomic E-state index is 0.0851. The molecule has 288 valence electrons. The summed E-state index contributed by atoms with van der Waals surface area (Å²) in [4.78, 5) is 37.4. The third-order valence-electron chi connectivity index (χ3n) is 8.60. The summed E-state index contributed by atoms with van der Waals surface area (Å²) in [5.41, 5.74) is 0. The first kappa shape index (κ1) is 47.4. The van der Waals surface area contributed by atoms with E-state index in [1.165, 1.54) is 70.6 Å². The first-order valence-corrected chi connectivity index (χ1v) is 20.6. The predicted molar refractivity (Wildman–Crippen MR) is 210 cm³/mol. The van der Waals surface area contributed by atoms with Gasteiger partial charge in [0.15, 0.2) is 6.10 Å². The van der Waals surface area contributed by atoms with Gasteiger partial charge in [0.25, 0.3) is 0 Å². The van der Waals surface area contributed by atoms with Crippen LogP contribution < -0.4 is 0 Å². The van der Waals surface area contributed by atoms with Crippen molar-refractivity contribution in [1.82, 2.24) is 0 Å². The molecule has 0 aliphatic rings. The van der Waals surface area contributed by atoms with E-state index in [9.17, 15) is 14.4 Å². The van der Waals surface area contributed by atoms with Crippen molar-refractivity contribution in [2.75, 3.05) is 13.2 Å². The Morgan fingerprint density at radius 2 is 0.780 bits per heavy atom. The summed E-state index contributed by atoms with van der Waals surface area (Å²) in [6.45, 7) is 6.41. The van der Waals surface area contributed by atoms with Crippen LogP contribution in [0.3, 0.4) is 0 Å². The third kappa shape index (κ3) is 36.6. The van der Waals surface area contributed by atoms with Gasteiger partial charge in [0.2, 0.25) is 0 Å². The molecule has 0 aromatic heterocycles. The Morgan fingerprint density at radius 1 is 0.420 bits per heavy atom. The van der Waals surface area contributed by atoms with Crippen molar-refractivity contribution in [2.45, 2.75) is 200 Å². The average Bonchev–Trinajstić information content (AvgIpc) is 3.11. The van der Waals surface area contributed by atoms with E-state index in [4.69, 9.17) is 14.2 Å². The Morgan fingerprint density at radius 3 is 1.22 bits per heavy atom. The number of ether oxygens (including phenoxy) is 3. The minimum Gasteiger partial charge on any atom is -0.462 e. The number of carbonyl (C=O) groups excluding carboxylic acids is 3. The monoisotopic (exact) mass is 701 g/mol. The molecule has 6 heteroatoms. The molecule has 0 aromatic carbocycles. The summed E-state index contributed by atoms with van der Waals surface area (Å²) < 4.78 is 16.5. The highest BCUT2D eigenvalue weighted by Gasteiger charge is 2.19. The number of rotatable bonds is 36. The van der Waals surface area contributed by atoms with Crippen molar-refractivity contribution >= 4 is 17.9 Å². The second-order valence-corrected chi connectivity index (χ2v) is 13.5. The Labute approximate surface area is 307 Å². The van der Waals surface area contributed by atoms with Crippen molar-refractivity contribution < 1.29 is 28.6 Å². The van der Waals surface area contributed by atoms with Crippen molar-refractivity contribution in [3.8, 4) is 0 Å². The van der Waals surface area contributed by atoms with E-state index >= 15 is 0 Å². The van der Waals surface area contributed by atoms with Crippen molar-refractivity contribution in [3.63, 3.8) is 0 Å². The molecule has 0 bridgehead atoms. The van der Waals surface area contributed by atoms with Crippen LogP contribution in [0.25, 0.3) is 0 Å². The third-order valence-corrected chi connectivity index (χ3v) is 8.60. The lowest BCUT2D eigenvalue weighted by atomic mass is 10.1. The molecule has 0 saturated heterocycles. The van der Waals surface area contributed by atoms with E-state index in [1.54, 1.807) is 0 Å². The first-order valence-electron chi connectivity index (χ1n) is 20.6. The Balaban J connectivity index is 4.40. The van der Waals surface area contributed by atoms with Gasteiger partial charge in [0, 0.05) is 19.3 Å². The van der Waals surface area contributed by atoms with Crippen LogP contribution in [0.4, 0.5) is 0 Å². The van der Waals surface area contributed by atoms with Gasteiger partial charge in [-0.2, -0.15) is 0 Å². The fourth-order valence-electron chi connectivity index (χ4n) is 5.49. The molecule has 0 spiro atoms. The summed E-state index contributed by atoms with van der Waals surface area (Å²) in [7, 11) is 0. The van der Waals surface area contributed by atoms with Crippen LogP contribution in [0.5, 0.6) is 0 Å². The standard InChI is InChI=1S/C44H76O6/c1-4-7-10-13-16-18-20-21-22-23-24-26-28-31-34-37-43(46)49-40-41(39-48-42(45)36-33-30-27-15-12-9-6-3)50-44(47)38-35-32-29-25-19-17-14-11-8-5-2/h7,10,16,18,21-22,24,26,41H,4-6,8-9,11-15,17,19-20,23,25,27-40H2,1-3H3/b10-7-,18-16-,22-21-,26-24-. The lowest BCUT2D eigenvalue weighted by Crippen LogP contribution is -2.30. The second-order valence-electron chi connectivity index (χ2n) is 13.5. The smallest absolute Gasteiger partial charge is 0.306 e. The first-order chi connectivity index (χ1) is 24.5. The summed E-state index contributed by atoms with van der Waals surface area (Å²) in [6.07, 6.45) is 43.9. The maximum Gasteiger partial charge on any atom is 0.306 e. The van der Waals surface area contributed by atoms with Gasteiger partial charge >= 0.3 is 17.9 Å². The summed E-state index contributed by atoms with van der Waals surface area (Å²) in [5, 5.41) is 0. The molecule has 0 aromatic rings. The van der Waals surface area contributed by atoms with Gasteiger partial charge in [0.1, 0.15) is 13.2 Å². The van der Waals surface area contributed by atoms with Crippen LogP contribution in [0.2, 0.25) is 0 Å². The van der Waals surface area contributed by atoms with E-state index < -0.39 is 6.10 Å². The Hall–Kier alpha value is -2.63. The largest absolute Gasteiger partial charge is 0.462 e. The molecule has 50 heavy (non-hydrogen) atoms. The van der Waals surface area contributed by atoms with Crippen LogP contribution in [-0.4, -0.2) is 37.2 Å². The SMILES string of the molecule is CC/C=C\C/C=C\C/C=C\C/C=C\CCCCC(=O)OCC(COC(=O)CCCCCCCCC)OC(=O)CCCCCCCCCCCC. The molecule has 0 N–H and O–H groups in total. The van der Waals surface area contributed by atoms with E-state index in [-0.39, 0.29) is 31.1 Å². The van der Waals surface area contributed by atoms with Gasteiger partial charge in [-0.3, -0.25) is 14.4 Å². The molecule has 0 aliphatic heterocycles. The van der Waals surface area contributed by atoms with Crippen LogP contribution in [0, 0.1) is 0 Å². The summed E-state index contributed by atoms with van der Waals surface area (Å²) in [5.74, 6) is -0.941. The highest BCUT2D eigenvalue weighted by atomic mass is 16.6. The topological polar surface area (TPSA) is 78.9 Å². The molecule has 0 radical (unpaired) electrons. The molecule has 0 saturated carbocycles. The van der Waals surface area contributed by atoms with Crippen molar-refractivity contribution in [1.29, 1.82) is 0 Å². The van der Waals surface area contributed by atoms with Gasteiger partial charge in [-0.15, -0.1) is 0 Å². The van der Waals surface area contributed by atoms with Gasteiger partial charge in [-0.25, -0.2) is 0 Å². The zero-order chi connectivity index (χ0) is 36.6. The van der Waals surface area contributed by atoms with Crippen LogP contribution in [-0.2, 0) is 28.6 Å². The maximum absolute atomic E-state index is 12.6. The van der Waals surface area contributed by atoms with Gasteiger partial charge in [-0.1, -0.05) is 166 Å². The van der Waals surface area contributed by atoms with Gasteiger partial charge in [-0.05, 0) is 57.8 Å². The molecular formula is C44H76O6. The summed E-state index contributed by atoms with van der Waals surface area (Å²) >= 11 is 0. The molecule has 1 unspecified atom stereocenters. The number of unbranched alkanes of at least 4 members (excludes halogenated alkanes) is 17. The molecule has 0 aliphatic carbocycles. The van der Waals surface area contributed by atoms with Gasteiger partial charge < -0.3 is 14.2 Å². The van der Waals surface area contributed by atoms with Crippen LogP contribution in [0.15, 0.2) is 48.6 Å². The molecule has 1 atom stereocenters. The molecule has 6 nitrogen and oxygen atoms in total. The number of hydrogen-bond donors (Lipinski definition) is 0. The summed E-state index contributed by atoms with van der Waals surface area (Å²) in [6, 6.07) is 0. The molecule has 0 rings (SSSR count). The van der Waals surface area contributed by atoms with Crippen molar-refractivity contribution in [3.05, 3.63) is 48.6 Å². The fourth-order valence-corrected chi connectivity index (χ4v) is 5.49. The minimum atomic E-state index is -0.781. The van der Waals surface area contributed by atoms with Crippen LogP contribution >= 0.6 is 0 Å².